The maximum absolute atomic E-state index is 11.6. The van der Waals surface area contributed by atoms with Crippen molar-refractivity contribution in [3.8, 4) is 11.5 Å². The zero-order chi connectivity index (χ0) is 15.5. The summed E-state index contributed by atoms with van der Waals surface area (Å²) in [6.07, 6.45) is 0. The van der Waals surface area contributed by atoms with Gasteiger partial charge in [0.15, 0.2) is 11.5 Å². The molecule has 3 rings (SSSR count). The van der Waals surface area contributed by atoms with Crippen molar-refractivity contribution in [2.45, 2.75) is 13.0 Å². The van der Waals surface area contributed by atoms with Gasteiger partial charge in [-0.2, -0.15) is 0 Å². The maximum Gasteiger partial charge on any atom is 0.322 e. The zero-order valence-electron chi connectivity index (χ0n) is 13.1. The lowest BCUT2D eigenvalue weighted by molar-refractivity contribution is -0.146. The molecule has 0 bridgehead atoms. The molecule has 0 aliphatic carbocycles. The van der Waals surface area contributed by atoms with E-state index >= 15 is 0 Å². The lowest BCUT2D eigenvalue weighted by atomic mass is 10.2. The minimum absolute atomic E-state index is 0.178. The summed E-state index contributed by atoms with van der Waals surface area (Å²) in [6.45, 7) is 6.41. The van der Waals surface area contributed by atoms with Crippen LogP contribution in [0.4, 0.5) is 5.69 Å². The summed E-state index contributed by atoms with van der Waals surface area (Å²) in [5, 5.41) is 0. The van der Waals surface area contributed by atoms with E-state index in [0.29, 0.717) is 13.2 Å². The van der Waals surface area contributed by atoms with Crippen LogP contribution in [0.5, 0.6) is 11.5 Å². The number of ether oxygens (including phenoxy) is 3. The Kier molecular flexibility index (Phi) is 4.38. The van der Waals surface area contributed by atoms with E-state index in [1.165, 1.54) is 7.11 Å². The molecule has 1 aromatic rings. The minimum atomic E-state index is -0.198. The molecule has 0 amide bonds. The van der Waals surface area contributed by atoms with Crippen molar-refractivity contribution in [2.24, 2.45) is 0 Å². The topological polar surface area (TPSA) is 51.2 Å². The standard InChI is InChI=1S/C16H22N2O4/c1-12(16(19)20-2)17-6-8-18(9-7-17)13-4-3-5-14-15(13)22-11-10-21-14/h3-5,12H,6-11H2,1-2H3. The fourth-order valence-corrected chi connectivity index (χ4v) is 2.98. The van der Waals surface area contributed by atoms with Crippen LogP contribution in [-0.2, 0) is 9.53 Å². The lowest BCUT2D eigenvalue weighted by Crippen LogP contribution is -2.52. The second-order valence-electron chi connectivity index (χ2n) is 5.52. The fraction of sp³-hybridized carbons (Fsp3) is 0.562. The SMILES string of the molecule is COC(=O)C(C)N1CCN(c2cccc3c2OCCO3)CC1. The van der Waals surface area contributed by atoms with E-state index in [2.05, 4.69) is 15.9 Å². The van der Waals surface area contributed by atoms with Crippen LogP contribution in [0, 0.1) is 0 Å². The van der Waals surface area contributed by atoms with Gasteiger partial charge in [-0.1, -0.05) is 6.07 Å². The molecule has 0 aromatic heterocycles. The Bertz CT molecular complexity index is 541. The first-order valence-corrected chi connectivity index (χ1v) is 7.66. The van der Waals surface area contributed by atoms with E-state index in [9.17, 15) is 4.79 Å². The smallest absolute Gasteiger partial charge is 0.322 e. The summed E-state index contributed by atoms with van der Waals surface area (Å²) in [5.41, 5.74) is 1.07. The number of para-hydroxylation sites is 1. The second-order valence-corrected chi connectivity index (χ2v) is 5.52. The molecule has 1 saturated heterocycles. The highest BCUT2D eigenvalue weighted by molar-refractivity contribution is 5.75. The number of hydrogen-bond donors (Lipinski definition) is 0. The van der Waals surface area contributed by atoms with Gasteiger partial charge in [-0.05, 0) is 19.1 Å². The molecule has 120 valence electrons. The van der Waals surface area contributed by atoms with Gasteiger partial charge in [0.25, 0.3) is 0 Å². The Hall–Kier alpha value is -1.95. The molecule has 22 heavy (non-hydrogen) atoms. The van der Waals surface area contributed by atoms with Gasteiger partial charge in [0.2, 0.25) is 0 Å². The van der Waals surface area contributed by atoms with Gasteiger partial charge in [-0.3, -0.25) is 9.69 Å². The second kappa shape index (κ2) is 6.44. The van der Waals surface area contributed by atoms with Gasteiger partial charge in [-0.25, -0.2) is 0 Å². The number of piperazine rings is 1. The highest BCUT2D eigenvalue weighted by atomic mass is 16.6. The number of benzene rings is 1. The molecule has 1 aromatic carbocycles. The van der Waals surface area contributed by atoms with Crippen molar-refractivity contribution < 1.29 is 19.0 Å². The van der Waals surface area contributed by atoms with E-state index in [1.54, 1.807) is 0 Å². The number of esters is 1. The average molecular weight is 306 g/mol. The lowest BCUT2D eigenvalue weighted by Gasteiger charge is -2.39. The van der Waals surface area contributed by atoms with Gasteiger partial charge < -0.3 is 19.1 Å². The highest BCUT2D eigenvalue weighted by Crippen LogP contribution is 2.39. The molecule has 0 N–H and O–H groups in total. The molecule has 2 aliphatic rings. The summed E-state index contributed by atoms with van der Waals surface area (Å²) in [5.74, 6) is 1.47. The highest BCUT2D eigenvalue weighted by Gasteiger charge is 2.28. The van der Waals surface area contributed by atoms with Crippen LogP contribution in [0.15, 0.2) is 18.2 Å². The first-order valence-electron chi connectivity index (χ1n) is 7.66. The monoisotopic (exact) mass is 306 g/mol. The molecule has 2 heterocycles. The average Bonchev–Trinajstić information content (AvgIpc) is 2.60. The molecule has 0 saturated carbocycles. The molecule has 1 atom stereocenters. The molecule has 1 fully saturated rings. The Morgan fingerprint density at radius 2 is 1.91 bits per heavy atom. The van der Waals surface area contributed by atoms with Crippen LogP contribution >= 0.6 is 0 Å². The van der Waals surface area contributed by atoms with Crippen LogP contribution in [0.25, 0.3) is 0 Å². The molecule has 6 nitrogen and oxygen atoms in total. The first-order chi connectivity index (χ1) is 10.7. The first kappa shape index (κ1) is 15.0. The van der Waals surface area contributed by atoms with Gasteiger partial charge in [0.1, 0.15) is 19.3 Å². The van der Waals surface area contributed by atoms with Crippen LogP contribution in [0.3, 0.4) is 0 Å². The maximum atomic E-state index is 11.6. The van der Waals surface area contributed by atoms with Crippen LogP contribution in [0.2, 0.25) is 0 Å². The number of nitrogens with zero attached hydrogens (tertiary/aromatic N) is 2. The normalized spacial score (nSPS) is 19.6. The number of carbonyl (C=O) groups is 1. The molecule has 0 radical (unpaired) electrons. The number of methoxy groups -OCH3 is 1. The third kappa shape index (κ3) is 2.83. The van der Waals surface area contributed by atoms with Crippen molar-refractivity contribution >= 4 is 11.7 Å². The largest absolute Gasteiger partial charge is 0.486 e. The van der Waals surface area contributed by atoms with Gasteiger partial charge in [0.05, 0.1) is 12.8 Å². The predicted octanol–water partition coefficient (Wildman–Crippen LogP) is 1.14. The van der Waals surface area contributed by atoms with Crippen LogP contribution in [0.1, 0.15) is 6.92 Å². The number of anilines is 1. The molecular weight excluding hydrogens is 284 g/mol. The van der Waals surface area contributed by atoms with Crippen molar-refractivity contribution in [2.75, 3.05) is 51.4 Å². The number of carbonyl (C=O) groups excluding carboxylic acids is 1. The van der Waals surface area contributed by atoms with E-state index in [-0.39, 0.29) is 12.0 Å². The van der Waals surface area contributed by atoms with Crippen molar-refractivity contribution in [3.05, 3.63) is 18.2 Å². The van der Waals surface area contributed by atoms with Gasteiger partial charge in [-0.15, -0.1) is 0 Å². The Morgan fingerprint density at radius 1 is 1.18 bits per heavy atom. The fourth-order valence-electron chi connectivity index (χ4n) is 2.98. The third-order valence-electron chi connectivity index (χ3n) is 4.29. The van der Waals surface area contributed by atoms with Gasteiger partial charge in [0, 0.05) is 26.2 Å². The van der Waals surface area contributed by atoms with Crippen molar-refractivity contribution in [1.29, 1.82) is 0 Å². The summed E-state index contributed by atoms with van der Waals surface area (Å²) in [6, 6.07) is 5.80. The Morgan fingerprint density at radius 3 is 2.64 bits per heavy atom. The Balaban J connectivity index is 1.68. The molecule has 2 aliphatic heterocycles. The molecular formula is C16H22N2O4. The number of hydrogen-bond acceptors (Lipinski definition) is 6. The minimum Gasteiger partial charge on any atom is -0.486 e. The summed E-state index contributed by atoms with van der Waals surface area (Å²) in [4.78, 5) is 16.1. The quantitative estimate of drug-likeness (QED) is 0.781. The van der Waals surface area contributed by atoms with E-state index in [0.717, 1.165) is 43.4 Å². The molecule has 6 heteroatoms. The zero-order valence-corrected chi connectivity index (χ0v) is 13.1. The van der Waals surface area contributed by atoms with E-state index in [4.69, 9.17) is 14.2 Å². The van der Waals surface area contributed by atoms with Crippen molar-refractivity contribution in [3.63, 3.8) is 0 Å². The summed E-state index contributed by atoms with van der Waals surface area (Å²) < 4.78 is 16.2. The number of fused-ring (bicyclic) bond motifs is 1. The third-order valence-corrected chi connectivity index (χ3v) is 4.29. The van der Waals surface area contributed by atoms with Crippen molar-refractivity contribution in [1.82, 2.24) is 4.90 Å². The van der Waals surface area contributed by atoms with Crippen LogP contribution < -0.4 is 14.4 Å². The predicted molar refractivity (Wildman–Crippen MR) is 82.7 cm³/mol. The molecule has 0 spiro atoms. The van der Waals surface area contributed by atoms with E-state index in [1.807, 2.05) is 19.1 Å². The van der Waals surface area contributed by atoms with Gasteiger partial charge >= 0.3 is 5.97 Å². The van der Waals surface area contributed by atoms with E-state index < -0.39 is 0 Å². The summed E-state index contributed by atoms with van der Waals surface area (Å²) in [7, 11) is 1.43. The number of rotatable bonds is 3. The molecule has 1 unspecified atom stereocenters. The van der Waals surface area contributed by atoms with Crippen LogP contribution in [-0.4, -0.2) is 63.4 Å². The Labute approximate surface area is 130 Å². The summed E-state index contributed by atoms with van der Waals surface area (Å²) >= 11 is 0.